The van der Waals surface area contributed by atoms with Crippen molar-refractivity contribution < 1.29 is 33.4 Å². The molecule has 3 aromatic rings. The van der Waals surface area contributed by atoms with E-state index in [1.807, 2.05) is 0 Å². The molecule has 2 aromatic carbocycles. The van der Waals surface area contributed by atoms with E-state index in [4.69, 9.17) is 37.1 Å². The van der Waals surface area contributed by atoms with E-state index in [9.17, 15) is 19.5 Å². The molecular weight excluding hydrogens is 551 g/mol. The Morgan fingerprint density at radius 2 is 1.90 bits per heavy atom. The molecule has 0 radical (unpaired) electrons. The Labute approximate surface area is 234 Å². The minimum atomic E-state index is -1.20. The number of methoxy groups -OCH3 is 1. The second-order valence-corrected chi connectivity index (χ2v) is 9.02. The third kappa shape index (κ3) is 9.34. The molecule has 11 nitrogen and oxygen atoms in total. The van der Waals surface area contributed by atoms with Crippen LogP contribution in [0.4, 0.5) is 5.69 Å². The second-order valence-electron chi connectivity index (χ2n) is 8.18. The number of aromatic nitrogens is 1. The number of amides is 2. The molecule has 0 saturated heterocycles. The number of carbonyl (C=O) groups is 3. The predicted molar refractivity (Wildman–Crippen MR) is 145 cm³/mol. The first kappa shape index (κ1) is 30.1. The zero-order chi connectivity index (χ0) is 28.2. The molecular formula is C26H28Cl2N4O7. The molecule has 0 bridgehead atoms. The van der Waals surface area contributed by atoms with Crippen LogP contribution in [-0.4, -0.2) is 67.4 Å². The fourth-order valence-electron chi connectivity index (χ4n) is 3.43. The third-order valence-corrected chi connectivity index (χ3v) is 5.93. The van der Waals surface area contributed by atoms with Gasteiger partial charge in [-0.25, -0.2) is 9.78 Å². The van der Waals surface area contributed by atoms with Crippen molar-refractivity contribution in [2.75, 3.05) is 38.8 Å². The summed E-state index contributed by atoms with van der Waals surface area (Å²) >= 11 is 12.3. The van der Waals surface area contributed by atoms with Crippen molar-refractivity contribution in [1.82, 2.24) is 15.6 Å². The molecule has 2 amide bonds. The van der Waals surface area contributed by atoms with Crippen LogP contribution < -0.4 is 16.0 Å². The normalized spacial score (nSPS) is 11.7. The maximum absolute atomic E-state index is 13.1. The molecule has 0 saturated carbocycles. The number of anilines is 1. The summed E-state index contributed by atoms with van der Waals surface area (Å²) in [7, 11) is 1.56. The molecule has 4 N–H and O–H groups in total. The largest absolute Gasteiger partial charge is 0.478 e. The number of rotatable bonds is 15. The standard InChI is InChI=1S/C26H28Cl2N4O7/c1-37-10-11-38-9-8-29-23(33)13-21(25(34)32-20-5-3-2-4-17(20)26(35)36)30-15-24-31-14-22(39-24)18-12-16(27)6-7-19(18)28/h2-7,12,14,21,30H,8-11,13,15H2,1H3,(H,29,33)(H,32,34)(H,35,36). The molecule has 0 aliphatic heterocycles. The van der Waals surface area contributed by atoms with Gasteiger partial charge in [-0.3, -0.25) is 14.9 Å². The van der Waals surface area contributed by atoms with E-state index in [0.29, 0.717) is 34.6 Å². The zero-order valence-corrected chi connectivity index (χ0v) is 22.6. The summed E-state index contributed by atoms with van der Waals surface area (Å²) in [6.07, 6.45) is 1.23. The molecule has 0 aliphatic rings. The number of aromatic carboxylic acids is 1. The van der Waals surface area contributed by atoms with E-state index < -0.39 is 23.8 Å². The molecule has 13 heteroatoms. The fourth-order valence-corrected chi connectivity index (χ4v) is 3.82. The van der Waals surface area contributed by atoms with Gasteiger partial charge in [0.25, 0.3) is 0 Å². The van der Waals surface area contributed by atoms with Gasteiger partial charge in [-0.2, -0.15) is 0 Å². The molecule has 208 valence electrons. The zero-order valence-electron chi connectivity index (χ0n) is 21.0. The summed E-state index contributed by atoms with van der Waals surface area (Å²) in [4.78, 5) is 41.5. The van der Waals surface area contributed by atoms with Crippen molar-refractivity contribution in [1.29, 1.82) is 0 Å². The average molecular weight is 579 g/mol. The number of nitrogens with one attached hydrogen (secondary N) is 3. The number of benzene rings is 2. The lowest BCUT2D eigenvalue weighted by Crippen LogP contribution is -2.44. The summed E-state index contributed by atoms with van der Waals surface area (Å²) in [5.41, 5.74) is 0.565. The average Bonchev–Trinajstić information content (AvgIpc) is 3.39. The lowest BCUT2D eigenvalue weighted by molar-refractivity contribution is -0.126. The fraction of sp³-hybridized carbons (Fsp3) is 0.308. The summed E-state index contributed by atoms with van der Waals surface area (Å²) in [6, 6.07) is 9.84. The Morgan fingerprint density at radius 3 is 2.67 bits per heavy atom. The SMILES string of the molecule is COCCOCCNC(=O)CC(NCc1ncc(-c2cc(Cl)ccc2Cl)o1)C(=O)Nc1ccccc1C(=O)O. The van der Waals surface area contributed by atoms with Gasteiger partial charge in [0.1, 0.15) is 0 Å². The Morgan fingerprint density at radius 1 is 1.10 bits per heavy atom. The molecule has 0 fully saturated rings. The number of ether oxygens (including phenoxy) is 2. The van der Waals surface area contributed by atoms with Crippen LogP contribution in [0.2, 0.25) is 10.0 Å². The van der Waals surface area contributed by atoms with Crippen LogP contribution in [-0.2, 0) is 25.6 Å². The van der Waals surface area contributed by atoms with Crippen molar-refractivity contribution in [2.45, 2.75) is 19.0 Å². The van der Waals surface area contributed by atoms with Crippen LogP contribution in [0, 0.1) is 0 Å². The number of hydrogen-bond donors (Lipinski definition) is 4. The number of halogens is 2. The van der Waals surface area contributed by atoms with Gasteiger partial charge in [-0.1, -0.05) is 35.3 Å². The molecule has 3 rings (SSSR count). The van der Waals surface area contributed by atoms with Crippen molar-refractivity contribution in [2.24, 2.45) is 0 Å². The van der Waals surface area contributed by atoms with Gasteiger partial charge in [-0.05, 0) is 30.3 Å². The smallest absolute Gasteiger partial charge is 0.337 e. The molecule has 1 heterocycles. The number of hydrogen-bond acceptors (Lipinski definition) is 8. The first-order valence-electron chi connectivity index (χ1n) is 11.9. The molecule has 0 aliphatic carbocycles. The maximum atomic E-state index is 13.1. The first-order chi connectivity index (χ1) is 18.8. The minimum absolute atomic E-state index is 0.00967. The number of carboxylic acids is 1. The minimum Gasteiger partial charge on any atom is -0.478 e. The number of oxazole rings is 1. The van der Waals surface area contributed by atoms with Crippen LogP contribution in [0.3, 0.4) is 0 Å². The third-order valence-electron chi connectivity index (χ3n) is 5.37. The van der Waals surface area contributed by atoms with Gasteiger partial charge < -0.3 is 29.6 Å². The highest BCUT2D eigenvalue weighted by Gasteiger charge is 2.24. The first-order valence-corrected chi connectivity index (χ1v) is 12.6. The van der Waals surface area contributed by atoms with E-state index in [0.717, 1.165) is 0 Å². The summed E-state index contributed by atoms with van der Waals surface area (Å²) in [5.74, 6) is -1.62. The van der Waals surface area contributed by atoms with Crippen LogP contribution in [0.25, 0.3) is 11.3 Å². The van der Waals surface area contributed by atoms with E-state index in [1.165, 1.54) is 18.3 Å². The van der Waals surface area contributed by atoms with Gasteiger partial charge >= 0.3 is 5.97 Å². The van der Waals surface area contributed by atoms with Crippen molar-refractivity contribution in [3.8, 4) is 11.3 Å². The van der Waals surface area contributed by atoms with Crippen molar-refractivity contribution in [3.63, 3.8) is 0 Å². The van der Waals surface area contributed by atoms with Crippen LogP contribution >= 0.6 is 23.2 Å². The van der Waals surface area contributed by atoms with Crippen LogP contribution in [0.1, 0.15) is 22.7 Å². The van der Waals surface area contributed by atoms with E-state index in [2.05, 4.69) is 20.9 Å². The summed E-state index contributed by atoms with van der Waals surface area (Å²) < 4.78 is 16.0. The van der Waals surface area contributed by atoms with E-state index in [1.54, 1.807) is 37.4 Å². The van der Waals surface area contributed by atoms with Crippen molar-refractivity contribution >= 4 is 46.7 Å². The highest BCUT2D eigenvalue weighted by atomic mass is 35.5. The quantitative estimate of drug-likeness (QED) is 0.198. The Bertz CT molecular complexity index is 1280. The van der Waals surface area contributed by atoms with Gasteiger partial charge in [0, 0.05) is 24.2 Å². The highest BCUT2D eigenvalue weighted by Crippen LogP contribution is 2.31. The van der Waals surface area contributed by atoms with E-state index >= 15 is 0 Å². The lowest BCUT2D eigenvalue weighted by Gasteiger charge is -2.18. The van der Waals surface area contributed by atoms with Gasteiger partial charge in [0.05, 0.1) is 61.3 Å². The van der Waals surface area contributed by atoms with Crippen molar-refractivity contribution in [3.05, 3.63) is 70.2 Å². The number of carbonyl (C=O) groups excluding carboxylic acids is 2. The second kappa shape index (κ2) is 15.2. The molecule has 0 spiro atoms. The lowest BCUT2D eigenvalue weighted by atomic mass is 10.1. The highest BCUT2D eigenvalue weighted by molar-refractivity contribution is 6.35. The monoisotopic (exact) mass is 578 g/mol. The van der Waals surface area contributed by atoms with Crippen LogP contribution in [0.15, 0.2) is 53.1 Å². The molecule has 39 heavy (non-hydrogen) atoms. The Hall–Kier alpha value is -3.48. The number of para-hydroxylation sites is 1. The number of nitrogens with zero attached hydrogens (tertiary/aromatic N) is 1. The molecule has 1 aromatic heterocycles. The predicted octanol–water partition coefficient (Wildman–Crippen LogP) is 3.61. The van der Waals surface area contributed by atoms with E-state index in [-0.39, 0.29) is 43.3 Å². The topological polar surface area (TPSA) is 152 Å². The Balaban J connectivity index is 1.68. The Kier molecular flexibility index (Phi) is 11.7. The van der Waals surface area contributed by atoms with Gasteiger partial charge in [-0.15, -0.1) is 0 Å². The van der Waals surface area contributed by atoms with Crippen LogP contribution in [0.5, 0.6) is 0 Å². The molecule has 1 unspecified atom stereocenters. The van der Waals surface area contributed by atoms with Gasteiger partial charge in [0.2, 0.25) is 17.7 Å². The number of carboxylic acid groups (broad SMARTS) is 1. The molecule has 1 atom stereocenters. The summed E-state index contributed by atoms with van der Waals surface area (Å²) in [6.45, 7) is 1.33. The maximum Gasteiger partial charge on any atom is 0.337 e. The summed E-state index contributed by atoms with van der Waals surface area (Å²) in [5, 5.41) is 18.6. The van der Waals surface area contributed by atoms with Gasteiger partial charge in [0.15, 0.2) is 5.76 Å².